The van der Waals surface area contributed by atoms with E-state index in [0.717, 1.165) is 50.6 Å². The summed E-state index contributed by atoms with van der Waals surface area (Å²) in [5.74, 6) is 3.22. The van der Waals surface area contributed by atoms with Gasteiger partial charge in [-0.2, -0.15) is 0 Å². The Balaban J connectivity index is 1.49. The fraction of sp³-hybridized carbons (Fsp3) is 0.414. The molecule has 0 spiro atoms. The summed E-state index contributed by atoms with van der Waals surface area (Å²) < 4.78 is 24.4. The van der Waals surface area contributed by atoms with Gasteiger partial charge in [0.2, 0.25) is 5.69 Å². The largest absolute Gasteiger partial charge is 0.455 e. The van der Waals surface area contributed by atoms with Crippen LogP contribution >= 0.6 is 0 Å². The number of hydrogen-bond donors (Lipinski definition) is 0. The number of hydrogen-bond acceptors (Lipinski definition) is 1. The molecule has 4 fully saturated rings. The molecule has 2 aromatic carbocycles. The van der Waals surface area contributed by atoms with Crippen molar-refractivity contribution in [3.05, 3.63) is 65.6 Å². The van der Waals surface area contributed by atoms with Gasteiger partial charge in [0.15, 0.2) is 6.20 Å². The maximum atomic E-state index is 15.6. The number of halogens is 1. The van der Waals surface area contributed by atoms with Crippen LogP contribution in [0.1, 0.15) is 49.1 Å². The molecule has 4 saturated carbocycles. The third-order valence-corrected chi connectivity index (χ3v) is 8.87. The van der Waals surface area contributed by atoms with Crippen molar-refractivity contribution in [3.63, 3.8) is 0 Å². The van der Waals surface area contributed by atoms with E-state index in [1.54, 1.807) is 6.07 Å². The monoisotopic (exact) mass is 426 g/mol. The summed E-state index contributed by atoms with van der Waals surface area (Å²) in [6.45, 7) is 2.13. The summed E-state index contributed by atoms with van der Waals surface area (Å²) in [5.41, 5.74) is 5.95. The summed E-state index contributed by atoms with van der Waals surface area (Å²) in [6.07, 6.45) is 8.58. The molecule has 2 heterocycles. The Bertz CT molecular complexity index is 1360. The van der Waals surface area contributed by atoms with Gasteiger partial charge < -0.3 is 4.42 Å². The topological polar surface area (TPSA) is 17.0 Å². The van der Waals surface area contributed by atoms with E-state index in [1.807, 2.05) is 12.1 Å². The number of nitrogens with zero attached hydrogens (tertiary/aromatic N) is 1. The lowest BCUT2D eigenvalue weighted by atomic mass is 9.50. The molecule has 162 valence electrons. The van der Waals surface area contributed by atoms with Crippen molar-refractivity contribution in [2.45, 2.75) is 44.9 Å². The molecule has 0 radical (unpaired) electrons. The highest BCUT2D eigenvalue weighted by Crippen LogP contribution is 2.61. The minimum atomic E-state index is -0.0717. The molecule has 4 aliphatic rings. The molecule has 0 aliphatic heterocycles. The summed E-state index contributed by atoms with van der Waals surface area (Å²) >= 11 is 0. The normalized spacial score (nSPS) is 28.8. The molecule has 0 amide bonds. The summed E-state index contributed by atoms with van der Waals surface area (Å²) in [7, 11) is 2.07. The SMILES string of the molecule is Cc1ccc2c(oc3c(C4C5CC6CC(C5)CC4C6)c(F)ccc32)c1-c1cccc[n+]1C. The Labute approximate surface area is 188 Å². The molecule has 0 unspecified atom stereocenters. The molecule has 0 atom stereocenters. The van der Waals surface area contributed by atoms with E-state index >= 15 is 4.39 Å². The van der Waals surface area contributed by atoms with Gasteiger partial charge in [-0.25, -0.2) is 8.96 Å². The van der Waals surface area contributed by atoms with Gasteiger partial charge in [0, 0.05) is 28.5 Å². The van der Waals surface area contributed by atoms with Crippen LogP contribution in [-0.2, 0) is 7.05 Å². The first kappa shape index (κ1) is 18.8. The average Bonchev–Trinajstić information content (AvgIpc) is 3.13. The highest BCUT2D eigenvalue weighted by atomic mass is 19.1. The van der Waals surface area contributed by atoms with Crippen molar-refractivity contribution in [2.75, 3.05) is 0 Å². The standard InChI is InChI=1S/C29H29FNO/c1-16-6-7-21-22-8-9-23(30)27(26-19-12-17-11-18(14-19)15-20(26)13-17)29(22)32-28(21)25(16)24-5-3-4-10-31(24)2/h3-10,17-20,26H,11-15H2,1-2H3/q+1. The van der Waals surface area contributed by atoms with E-state index < -0.39 is 0 Å². The van der Waals surface area contributed by atoms with E-state index in [2.05, 4.69) is 49.0 Å². The van der Waals surface area contributed by atoms with Crippen molar-refractivity contribution in [3.8, 4) is 11.3 Å². The molecular weight excluding hydrogens is 397 g/mol. The van der Waals surface area contributed by atoms with Gasteiger partial charge >= 0.3 is 0 Å². The van der Waals surface area contributed by atoms with Crippen LogP contribution in [0.4, 0.5) is 4.39 Å². The lowest BCUT2D eigenvalue weighted by Crippen LogP contribution is -2.44. The van der Waals surface area contributed by atoms with E-state index in [9.17, 15) is 0 Å². The number of benzene rings is 2. The quantitative estimate of drug-likeness (QED) is 0.313. The van der Waals surface area contributed by atoms with Crippen LogP contribution in [0.5, 0.6) is 0 Å². The second kappa shape index (κ2) is 6.66. The Hall–Kier alpha value is -2.68. The lowest BCUT2D eigenvalue weighted by molar-refractivity contribution is -0.660. The van der Waals surface area contributed by atoms with Gasteiger partial charge in [-0.05, 0) is 92.4 Å². The van der Waals surface area contributed by atoms with Crippen molar-refractivity contribution < 1.29 is 13.4 Å². The molecule has 0 saturated heterocycles. The Kier molecular flexibility index (Phi) is 3.93. The molecule has 4 bridgehead atoms. The minimum absolute atomic E-state index is 0.0717. The van der Waals surface area contributed by atoms with Gasteiger partial charge in [0.25, 0.3) is 0 Å². The lowest BCUT2D eigenvalue weighted by Gasteiger charge is -2.54. The summed E-state index contributed by atoms with van der Waals surface area (Å²) in [5, 5.41) is 2.15. The molecule has 4 aromatic rings. The zero-order valence-corrected chi connectivity index (χ0v) is 18.8. The Morgan fingerprint density at radius 1 is 0.844 bits per heavy atom. The second-order valence-corrected chi connectivity index (χ2v) is 10.7. The molecule has 0 N–H and O–H groups in total. The molecule has 8 rings (SSSR count). The number of rotatable bonds is 2. The fourth-order valence-corrected chi connectivity index (χ4v) is 7.81. The summed E-state index contributed by atoms with van der Waals surface area (Å²) in [6, 6.07) is 14.2. The molecule has 3 heteroatoms. The first-order valence-electron chi connectivity index (χ1n) is 12.2. The Morgan fingerprint density at radius 2 is 1.53 bits per heavy atom. The van der Waals surface area contributed by atoms with Crippen molar-refractivity contribution in [1.82, 2.24) is 0 Å². The van der Waals surface area contributed by atoms with Crippen molar-refractivity contribution >= 4 is 21.9 Å². The van der Waals surface area contributed by atoms with Crippen molar-refractivity contribution in [1.29, 1.82) is 0 Å². The maximum absolute atomic E-state index is 15.6. The molecular formula is C29H29FNO+. The smallest absolute Gasteiger partial charge is 0.216 e. The zero-order chi connectivity index (χ0) is 21.6. The first-order valence-corrected chi connectivity index (χ1v) is 12.2. The van der Waals surface area contributed by atoms with Crippen LogP contribution in [0.15, 0.2) is 53.1 Å². The molecule has 2 nitrogen and oxygen atoms in total. The molecule has 2 aromatic heterocycles. The highest BCUT2D eigenvalue weighted by Gasteiger charge is 2.50. The maximum Gasteiger partial charge on any atom is 0.216 e. The van der Waals surface area contributed by atoms with Crippen LogP contribution in [0.2, 0.25) is 0 Å². The number of furan rings is 1. The average molecular weight is 427 g/mol. The molecule has 4 aliphatic carbocycles. The second-order valence-electron chi connectivity index (χ2n) is 10.7. The number of aromatic nitrogens is 1. The number of pyridine rings is 1. The van der Waals surface area contributed by atoms with Gasteiger partial charge in [0.1, 0.15) is 24.0 Å². The van der Waals surface area contributed by atoms with Crippen LogP contribution < -0.4 is 4.57 Å². The molecule has 32 heavy (non-hydrogen) atoms. The highest BCUT2D eigenvalue weighted by molar-refractivity contribution is 6.10. The Morgan fingerprint density at radius 3 is 2.25 bits per heavy atom. The summed E-state index contributed by atoms with van der Waals surface area (Å²) in [4.78, 5) is 0. The van der Waals surface area contributed by atoms with E-state index in [4.69, 9.17) is 4.42 Å². The van der Waals surface area contributed by atoms with Gasteiger partial charge in [0.05, 0.1) is 5.56 Å². The predicted octanol–water partition coefficient (Wildman–Crippen LogP) is 7.06. The zero-order valence-electron chi connectivity index (χ0n) is 18.8. The van der Waals surface area contributed by atoms with E-state index in [-0.39, 0.29) is 5.82 Å². The predicted molar refractivity (Wildman–Crippen MR) is 125 cm³/mol. The fourth-order valence-electron chi connectivity index (χ4n) is 7.81. The van der Waals surface area contributed by atoms with Gasteiger partial charge in [-0.1, -0.05) is 12.1 Å². The van der Waals surface area contributed by atoms with E-state index in [0.29, 0.717) is 17.8 Å². The minimum Gasteiger partial charge on any atom is -0.455 e. The van der Waals surface area contributed by atoms with Crippen LogP contribution in [-0.4, -0.2) is 0 Å². The van der Waals surface area contributed by atoms with E-state index in [1.165, 1.54) is 37.7 Å². The number of fused-ring (bicyclic) bond motifs is 3. The third kappa shape index (κ3) is 2.54. The first-order chi connectivity index (χ1) is 15.6. The third-order valence-electron chi connectivity index (χ3n) is 8.87. The van der Waals surface area contributed by atoms with Gasteiger partial charge in [-0.3, -0.25) is 0 Å². The number of aryl methyl sites for hydroxylation is 2. The van der Waals surface area contributed by atoms with Crippen LogP contribution in [0, 0.1) is 36.4 Å². The van der Waals surface area contributed by atoms with Gasteiger partial charge in [-0.15, -0.1) is 0 Å². The van der Waals surface area contributed by atoms with Crippen molar-refractivity contribution in [2.24, 2.45) is 30.7 Å². The van der Waals surface area contributed by atoms with Crippen LogP contribution in [0.3, 0.4) is 0 Å². The van der Waals surface area contributed by atoms with Crippen LogP contribution in [0.25, 0.3) is 33.2 Å².